The fourth-order valence-corrected chi connectivity index (χ4v) is 2.55. The predicted molar refractivity (Wildman–Crippen MR) is 71.5 cm³/mol. The van der Waals surface area contributed by atoms with Gasteiger partial charge in [-0.1, -0.05) is 12.2 Å². The van der Waals surface area contributed by atoms with Gasteiger partial charge in [0, 0.05) is 24.4 Å². The molecule has 0 radical (unpaired) electrons. The number of hydrogen-bond acceptors (Lipinski definition) is 4. The van der Waals surface area contributed by atoms with Crippen LogP contribution in [-0.2, 0) is 6.42 Å². The van der Waals surface area contributed by atoms with E-state index in [0.29, 0.717) is 18.0 Å². The fraction of sp³-hybridized carbons (Fsp3) is 0.417. The van der Waals surface area contributed by atoms with Crippen LogP contribution in [0.15, 0.2) is 17.5 Å². The predicted octanol–water partition coefficient (Wildman–Crippen LogP) is 1.40. The molecule has 0 aromatic carbocycles. The molecular formula is C12H15N3O3S. The van der Waals surface area contributed by atoms with Gasteiger partial charge in [-0.3, -0.25) is 0 Å². The number of nitrogens with zero attached hydrogens (tertiary/aromatic N) is 1. The number of hydrogen-bond donors (Lipinski definition) is 3. The monoisotopic (exact) mass is 281 g/mol. The normalized spacial score (nSPS) is 14.5. The molecule has 19 heavy (non-hydrogen) atoms. The number of thiazole rings is 1. The zero-order chi connectivity index (χ0) is 13.7. The molecule has 1 aliphatic rings. The quantitative estimate of drug-likeness (QED) is 0.711. The third kappa shape index (κ3) is 4.06. The molecule has 3 N–H and O–H groups in total. The molecule has 7 heteroatoms. The SMILES string of the molecule is O=C(NCCc1nc(C(=O)O)cs1)NC1CC=CC1. The molecule has 0 saturated heterocycles. The highest BCUT2D eigenvalue weighted by molar-refractivity contribution is 7.09. The summed E-state index contributed by atoms with van der Waals surface area (Å²) >= 11 is 1.29. The second kappa shape index (κ2) is 6.33. The molecule has 0 atom stereocenters. The highest BCUT2D eigenvalue weighted by Crippen LogP contribution is 2.10. The first-order valence-electron chi connectivity index (χ1n) is 6.02. The minimum Gasteiger partial charge on any atom is -0.476 e. The van der Waals surface area contributed by atoms with Gasteiger partial charge in [-0.2, -0.15) is 0 Å². The number of rotatable bonds is 5. The Morgan fingerprint density at radius 2 is 2.16 bits per heavy atom. The third-order valence-electron chi connectivity index (χ3n) is 2.74. The summed E-state index contributed by atoms with van der Waals surface area (Å²) in [4.78, 5) is 26.1. The lowest BCUT2D eigenvalue weighted by atomic mass is 10.2. The average molecular weight is 281 g/mol. The van der Waals surface area contributed by atoms with Crippen LogP contribution in [-0.4, -0.2) is 34.7 Å². The molecule has 1 aromatic heterocycles. The summed E-state index contributed by atoms with van der Waals surface area (Å²) in [6, 6.07) is 0.00203. The number of aromatic carboxylic acids is 1. The van der Waals surface area contributed by atoms with Crippen molar-refractivity contribution in [3.05, 3.63) is 28.2 Å². The van der Waals surface area contributed by atoms with Crippen molar-refractivity contribution in [2.45, 2.75) is 25.3 Å². The Bertz CT molecular complexity index is 490. The summed E-state index contributed by atoms with van der Waals surface area (Å²) in [7, 11) is 0. The van der Waals surface area contributed by atoms with E-state index in [2.05, 4.69) is 15.6 Å². The number of carbonyl (C=O) groups excluding carboxylic acids is 1. The second-order valence-corrected chi connectivity index (χ2v) is 5.16. The van der Waals surface area contributed by atoms with Gasteiger partial charge in [0.1, 0.15) is 0 Å². The molecule has 2 rings (SSSR count). The molecule has 1 aliphatic carbocycles. The smallest absolute Gasteiger partial charge is 0.355 e. The van der Waals surface area contributed by atoms with Gasteiger partial charge in [0.15, 0.2) is 5.69 Å². The van der Waals surface area contributed by atoms with Gasteiger partial charge in [-0.25, -0.2) is 14.6 Å². The van der Waals surface area contributed by atoms with E-state index in [-0.39, 0.29) is 17.8 Å². The van der Waals surface area contributed by atoms with Gasteiger partial charge >= 0.3 is 12.0 Å². The van der Waals surface area contributed by atoms with Gasteiger partial charge in [0.2, 0.25) is 0 Å². The van der Waals surface area contributed by atoms with Crippen molar-refractivity contribution in [2.75, 3.05) is 6.54 Å². The number of aromatic nitrogens is 1. The molecule has 0 unspecified atom stereocenters. The molecule has 1 heterocycles. The van der Waals surface area contributed by atoms with E-state index < -0.39 is 5.97 Å². The van der Waals surface area contributed by atoms with E-state index in [4.69, 9.17) is 5.11 Å². The number of urea groups is 1. The summed E-state index contributed by atoms with van der Waals surface area (Å²) in [5.41, 5.74) is 0.0569. The fourth-order valence-electron chi connectivity index (χ4n) is 1.78. The van der Waals surface area contributed by atoms with Crippen molar-refractivity contribution >= 4 is 23.3 Å². The van der Waals surface area contributed by atoms with Crippen molar-refractivity contribution in [1.82, 2.24) is 15.6 Å². The second-order valence-electron chi connectivity index (χ2n) is 4.22. The number of carboxylic acids is 1. The van der Waals surface area contributed by atoms with Crippen LogP contribution < -0.4 is 10.6 Å². The largest absolute Gasteiger partial charge is 0.476 e. The summed E-state index contributed by atoms with van der Waals surface area (Å²) in [6.07, 6.45) is 6.39. The highest BCUT2D eigenvalue weighted by atomic mass is 32.1. The van der Waals surface area contributed by atoms with E-state index in [1.807, 2.05) is 12.2 Å². The van der Waals surface area contributed by atoms with Crippen molar-refractivity contribution < 1.29 is 14.7 Å². The molecule has 6 nitrogen and oxygen atoms in total. The van der Waals surface area contributed by atoms with Crippen molar-refractivity contribution in [3.63, 3.8) is 0 Å². The Hall–Kier alpha value is -1.89. The van der Waals surface area contributed by atoms with E-state index in [1.165, 1.54) is 16.7 Å². The molecule has 0 bridgehead atoms. The van der Waals surface area contributed by atoms with E-state index in [1.54, 1.807) is 0 Å². The Labute approximate surface area is 114 Å². The summed E-state index contributed by atoms with van der Waals surface area (Å²) in [5, 5.41) is 16.5. The lowest BCUT2D eigenvalue weighted by Gasteiger charge is -2.12. The van der Waals surface area contributed by atoms with Gasteiger partial charge in [-0.15, -0.1) is 11.3 Å². The summed E-state index contributed by atoms with van der Waals surface area (Å²) in [5.74, 6) is -1.03. The Morgan fingerprint density at radius 1 is 1.42 bits per heavy atom. The van der Waals surface area contributed by atoms with Gasteiger partial charge in [0.05, 0.1) is 5.01 Å². The Balaban J connectivity index is 1.67. The van der Waals surface area contributed by atoms with Gasteiger partial charge in [0.25, 0.3) is 0 Å². The van der Waals surface area contributed by atoms with Crippen LogP contribution >= 0.6 is 11.3 Å². The number of amides is 2. The first kappa shape index (κ1) is 13.5. The lowest BCUT2D eigenvalue weighted by Crippen LogP contribution is -2.41. The topological polar surface area (TPSA) is 91.3 Å². The van der Waals surface area contributed by atoms with Crippen LogP contribution in [0.1, 0.15) is 28.3 Å². The first-order valence-corrected chi connectivity index (χ1v) is 6.90. The average Bonchev–Trinajstić information content (AvgIpc) is 3.00. The summed E-state index contributed by atoms with van der Waals surface area (Å²) in [6.45, 7) is 0.443. The number of carbonyl (C=O) groups is 2. The molecule has 1 aromatic rings. The molecule has 0 fully saturated rings. The van der Waals surface area contributed by atoms with Crippen LogP contribution in [0.25, 0.3) is 0 Å². The zero-order valence-corrected chi connectivity index (χ0v) is 11.1. The van der Waals surface area contributed by atoms with Crippen molar-refractivity contribution in [2.24, 2.45) is 0 Å². The van der Waals surface area contributed by atoms with E-state index >= 15 is 0 Å². The van der Waals surface area contributed by atoms with E-state index in [9.17, 15) is 9.59 Å². The summed E-state index contributed by atoms with van der Waals surface area (Å²) < 4.78 is 0. The van der Waals surface area contributed by atoms with E-state index in [0.717, 1.165) is 12.8 Å². The lowest BCUT2D eigenvalue weighted by molar-refractivity contribution is 0.0691. The maximum absolute atomic E-state index is 11.5. The highest BCUT2D eigenvalue weighted by Gasteiger charge is 2.13. The zero-order valence-electron chi connectivity index (χ0n) is 10.3. The van der Waals surface area contributed by atoms with Crippen LogP contribution in [0.4, 0.5) is 4.79 Å². The van der Waals surface area contributed by atoms with Crippen molar-refractivity contribution in [1.29, 1.82) is 0 Å². The molecular weight excluding hydrogens is 266 g/mol. The molecule has 2 amide bonds. The third-order valence-corrected chi connectivity index (χ3v) is 3.65. The van der Waals surface area contributed by atoms with Crippen LogP contribution in [0.2, 0.25) is 0 Å². The minimum atomic E-state index is -1.03. The minimum absolute atomic E-state index is 0.0569. The van der Waals surface area contributed by atoms with Crippen LogP contribution in [0.5, 0.6) is 0 Å². The Morgan fingerprint density at radius 3 is 2.79 bits per heavy atom. The van der Waals surface area contributed by atoms with Gasteiger partial charge < -0.3 is 15.7 Å². The molecule has 0 spiro atoms. The standard InChI is InChI=1S/C12H15N3O3S/c16-11(17)9-7-19-10(15-9)5-6-13-12(18)14-8-3-1-2-4-8/h1-2,7-8H,3-6H2,(H,16,17)(H2,13,14,18). The van der Waals surface area contributed by atoms with Crippen LogP contribution in [0.3, 0.4) is 0 Å². The molecule has 0 saturated carbocycles. The number of nitrogens with one attached hydrogen (secondary N) is 2. The van der Waals surface area contributed by atoms with Crippen LogP contribution in [0, 0.1) is 0 Å². The maximum atomic E-state index is 11.5. The van der Waals surface area contributed by atoms with Gasteiger partial charge in [-0.05, 0) is 12.8 Å². The first-order chi connectivity index (χ1) is 9.15. The molecule has 102 valence electrons. The Kier molecular flexibility index (Phi) is 4.51. The maximum Gasteiger partial charge on any atom is 0.355 e. The van der Waals surface area contributed by atoms with Crippen molar-refractivity contribution in [3.8, 4) is 0 Å². The number of carboxylic acid groups (broad SMARTS) is 1. The molecule has 0 aliphatic heterocycles.